The molecule has 0 aromatic heterocycles. The third kappa shape index (κ3) is 9.81. The summed E-state index contributed by atoms with van der Waals surface area (Å²) >= 11 is 0. The molecule has 0 aliphatic carbocycles. The van der Waals surface area contributed by atoms with E-state index in [-0.39, 0.29) is 24.7 Å². The smallest absolute Gasteiger partial charge is 0.251 e. The topological polar surface area (TPSA) is 123 Å². The third-order valence-electron chi connectivity index (χ3n) is 7.13. The zero-order chi connectivity index (χ0) is 31.1. The second-order valence-electron chi connectivity index (χ2n) is 10.6. The summed E-state index contributed by atoms with van der Waals surface area (Å²) in [5, 5.41) is 8.77. The fourth-order valence-electron chi connectivity index (χ4n) is 4.65. The van der Waals surface area contributed by atoms with Crippen LogP contribution in [0.25, 0.3) is 0 Å². The fourth-order valence-corrected chi connectivity index (χ4v) is 4.65. The van der Waals surface area contributed by atoms with Crippen LogP contribution in [-0.4, -0.2) is 36.4 Å². The van der Waals surface area contributed by atoms with Crippen LogP contribution in [-0.2, 0) is 35.5 Å². The summed E-state index contributed by atoms with van der Waals surface area (Å²) < 4.78 is 5.69. The summed E-state index contributed by atoms with van der Waals surface area (Å²) in [6.07, 6.45) is 1.41. The Morgan fingerprint density at radius 1 is 0.659 bits per heavy atom. The van der Waals surface area contributed by atoms with Crippen molar-refractivity contribution in [3.05, 3.63) is 137 Å². The van der Waals surface area contributed by atoms with Crippen molar-refractivity contribution in [3.8, 4) is 5.75 Å². The van der Waals surface area contributed by atoms with E-state index in [1.54, 1.807) is 24.3 Å². The molecule has 2 atom stereocenters. The molecule has 4 rings (SSSR count). The van der Waals surface area contributed by atoms with Gasteiger partial charge in [0.2, 0.25) is 11.8 Å². The van der Waals surface area contributed by atoms with Crippen molar-refractivity contribution in [2.24, 2.45) is 5.73 Å². The molecule has 0 saturated heterocycles. The Labute approximate surface area is 259 Å². The predicted molar refractivity (Wildman–Crippen MR) is 172 cm³/mol. The molecular formula is C36H40N4O4. The quantitative estimate of drug-likeness (QED) is 0.164. The van der Waals surface area contributed by atoms with Crippen LogP contribution in [0.3, 0.4) is 0 Å². The molecule has 0 aliphatic rings. The highest BCUT2D eigenvalue weighted by Crippen LogP contribution is 2.15. The van der Waals surface area contributed by atoms with E-state index in [2.05, 4.69) is 16.0 Å². The fraction of sp³-hybridized carbons (Fsp3) is 0.250. The molecule has 0 aliphatic heterocycles. The van der Waals surface area contributed by atoms with Gasteiger partial charge in [-0.05, 0) is 52.9 Å². The van der Waals surface area contributed by atoms with Crippen LogP contribution >= 0.6 is 0 Å². The number of benzene rings is 4. The lowest BCUT2D eigenvalue weighted by Gasteiger charge is -2.24. The Kier molecular flexibility index (Phi) is 12.1. The summed E-state index contributed by atoms with van der Waals surface area (Å²) in [5.74, 6) is -0.416. The summed E-state index contributed by atoms with van der Waals surface area (Å²) in [6.45, 7) is 3.39. The van der Waals surface area contributed by atoms with Crippen molar-refractivity contribution in [1.29, 1.82) is 0 Å². The van der Waals surface area contributed by atoms with Crippen molar-refractivity contribution >= 4 is 17.7 Å². The number of hydrogen-bond donors (Lipinski definition) is 4. The Morgan fingerprint density at radius 3 is 1.82 bits per heavy atom. The normalized spacial score (nSPS) is 12.0. The van der Waals surface area contributed by atoms with E-state index in [1.165, 1.54) is 0 Å². The van der Waals surface area contributed by atoms with E-state index in [0.717, 1.165) is 34.4 Å². The molecule has 0 heterocycles. The molecule has 2 unspecified atom stereocenters. The molecule has 8 heteroatoms. The summed E-state index contributed by atoms with van der Waals surface area (Å²) in [5.41, 5.74) is 9.79. The Hall–Kier alpha value is -4.95. The lowest BCUT2D eigenvalue weighted by atomic mass is 10.0. The molecule has 228 valence electrons. The van der Waals surface area contributed by atoms with Crippen molar-refractivity contribution in [2.45, 2.75) is 51.4 Å². The largest absolute Gasteiger partial charge is 0.494 e. The number of hydrogen-bond acceptors (Lipinski definition) is 5. The van der Waals surface area contributed by atoms with Gasteiger partial charge in [0.25, 0.3) is 5.91 Å². The Balaban J connectivity index is 1.52. The van der Waals surface area contributed by atoms with Crippen LogP contribution in [0.1, 0.15) is 46.0 Å². The maximum Gasteiger partial charge on any atom is 0.251 e. The average Bonchev–Trinajstić information content (AvgIpc) is 3.07. The summed E-state index contributed by atoms with van der Waals surface area (Å²) in [7, 11) is 0. The molecule has 3 amide bonds. The number of amides is 3. The van der Waals surface area contributed by atoms with Gasteiger partial charge < -0.3 is 26.4 Å². The van der Waals surface area contributed by atoms with Gasteiger partial charge in [-0.25, -0.2) is 0 Å². The van der Waals surface area contributed by atoms with Crippen molar-refractivity contribution < 1.29 is 19.1 Å². The first-order valence-electron chi connectivity index (χ1n) is 14.9. The maximum absolute atomic E-state index is 13.8. The van der Waals surface area contributed by atoms with E-state index in [9.17, 15) is 14.4 Å². The van der Waals surface area contributed by atoms with Crippen LogP contribution in [0.5, 0.6) is 5.75 Å². The van der Waals surface area contributed by atoms with E-state index < -0.39 is 18.0 Å². The van der Waals surface area contributed by atoms with Gasteiger partial charge in [0, 0.05) is 31.5 Å². The zero-order valence-corrected chi connectivity index (χ0v) is 25.0. The van der Waals surface area contributed by atoms with Gasteiger partial charge in [-0.3, -0.25) is 14.4 Å². The van der Waals surface area contributed by atoms with Gasteiger partial charge in [0.15, 0.2) is 0 Å². The van der Waals surface area contributed by atoms with E-state index in [0.29, 0.717) is 25.3 Å². The SMILES string of the molecule is CCCOc1ccc(CC(NC(=O)c2ccccc2)C(=O)NC(Cc2ccccc2)C(=O)NCc2ccc(CN)cc2)cc1. The van der Waals surface area contributed by atoms with Crippen molar-refractivity contribution in [2.75, 3.05) is 6.61 Å². The zero-order valence-electron chi connectivity index (χ0n) is 25.0. The number of ether oxygens (including phenoxy) is 1. The first-order chi connectivity index (χ1) is 21.4. The van der Waals surface area contributed by atoms with Crippen LogP contribution in [0.2, 0.25) is 0 Å². The predicted octanol–water partition coefficient (Wildman–Crippen LogP) is 4.32. The molecule has 4 aromatic carbocycles. The van der Waals surface area contributed by atoms with Gasteiger partial charge in [-0.1, -0.05) is 91.9 Å². The van der Waals surface area contributed by atoms with Gasteiger partial charge in [0.1, 0.15) is 17.8 Å². The van der Waals surface area contributed by atoms with E-state index in [4.69, 9.17) is 10.5 Å². The molecular weight excluding hydrogens is 552 g/mol. The number of carbonyl (C=O) groups excluding carboxylic acids is 3. The Morgan fingerprint density at radius 2 is 1.20 bits per heavy atom. The lowest BCUT2D eigenvalue weighted by Crippen LogP contribution is -2.55. The summed E-state index contributed by atoms with van der Waals surface area (Å²) in [6, 6.07) is 31.6. The minimum absolute atomic E-state index is 0.228. The van der Waals surface area contributed by atoms with Crippen LogP contribution < -0.4 is 26.4 Å². The molecule has 0 bridgehead atoms. The summed E-state index contributed by atoms with van der Waals surface area (Å²) in [4.78, 5) is 40.5. The highest BCUT2D eigenvalue weighted by Gasteiger charge is 2.27. The van der Waals surface area contributed by atoms with Crippen LogP contribution in [0.15, 0.2) is 109 Å². The monoisotopic (exact) mass is 592 g/mol. The molecule has 0 saturated carbocycles. The van der Waals surface area contributed by atoms with Gasteiger partial charge in [-0.15, -0.1) is 0 Å². The number of rotatable bonds is 15. The van der Waals surface area contributed by atoms with Gasteiger partial charge >= 0.3 is 0 Å². The minimum atomic E-state index is -0.931. The van der Waals surface area contributed by atoms with Crippen molar-refractivity contribution in [3.63, 3.8) is 0 Å². The van der Waals surface area contributed by atoms with Gasteiger partial charge in [0.05, 0.1) is 6.61 Å². The van der Waals surface area contributed by atoms with Crippen LogP contribution in [0.4, 0.5) is 0 Å². The highest BCUT2D eigenvalue weighted by molar-refractivity contribution is 5.98. The number of nitrogens with two attached hydrogens (primary N) is 1. The highest BCUT2D eigenvalue weighted by atomic mass is 16.5. The molecule has 5 N–H and O–H groups in total. The number of nitrogens with one attached hydrogen (secondary N) is 3. The minimum Gasteiger partial charge on any atom is -0.494 e. The standard InChI is InChI=1S/C36H40N4O4/c1-2-21-44-31-19-17-27(18-20-31)23-33(39-34(41)30-11-7-4-8-12-30)36(43)40-32(22-26-9-5-3-6-10-26)35(42)38-25-29-15-13-28(24-37)14-16-29/h3-20,32-33H,2,21-25,37H2,1H3,(H,38,42)(H,39,41)(H,40,43). The Bertz CT molecular complexity index is 1480. The second-order valence-corrected chi connectivity index (χ2v) is 10.6. The molecule has 4 aromatic rings. The molecule has 0 fully saturated rings. The first kappa shape index (κ1) is 32.0. The number of carbonyl (C=O) groups is 3. The maximum atomic E-state index is 13.8. The van der Waals surface area contributed by atoms with E-state index in [1.807, 2.05) is 91.9 Å². The van der Waals surface area contributed by atoms with Crippen LogP contribution in [0, 0.1) is 0 Å². The molecule has 0 radical (unpaired) electrons. The van der Waals surface area contributed by atoms with Gasteiger partial charge in [-0.2, -0.15) is 0 Å². The van der Waals surface area contributed by atoms with Crippen molar-refractivity contribution in [1.82, 2.24) is 16.0 Å². The first-order valence-corrected chi connectivity index (χ1v) is 14.9. The molecule has 44 heavy (non-hydrogen) atoms. The molecule has 0 spiro atoms. The lowest BCUT2D eigenvalue weighted by molar-refractivity contribution is -0.130. The van der Waals surface area contributed by atoms with E-state index >= 15 is 0 Å². The average molecular weight is 593 g/mol. The second kappa shape index (κ2) is 16.6. The molecule has 8 nitrogen and oxygen atoms in total. The third-order valence-corrected chi connectivity index (χ3v) is 7.13.